The molecule has 8 heteroatoms. The third-order valence-electron chi connectivity index (χ3n) is 4.17. The highest BCUT2D eigenvalue weighted by atomic mass is 35.5. The fourth-order valence-corrected chi connectivity index (χ4v) is 4.41. The fraction of sp³-hybridized carbons (Fsp3) is 0.600. The molecule has 1 aliphatic rings. The molecule has 6 nitrogen and oxygen atoms in total. The van der Waals surface area contributed by atoms with Gasteiger partial charge >= 0.3 is 0 Å². The lowest BCUT2D eigenvalue weighted by Gasteiger charge is -2.37. The van der Waals surface area contributed by atoms with E-state index in [1.54, 1.807) is 19.2 Å². The van der Waals surface area contributed by atoms with E-state index in [9.17, 15) is 8.42 Å². The van der Waals surface area contributed by atoms with E-state index in [1.807, 2.05) is 0 Å². The monoisotopic (exact) mass is 362 g/mol. The summed E-state index contributed by atoms with van der Waals surface area (Å²) < 4.78 is 38.4. The SMILES string of the molecule is COCC1(CNS(=O)(=O)c2cc(Cl)ccc2OC)CCNCC1. The van der Waals surface area contributed by atoms with Gasteiger partial charge in [0.1, 0.15) is 10.6 Å². The number of hydrogen-bond donors (Lipinski definition) is 2. The number of methoxy groups -OCH3 is 2. The number of ether oxygens (including phenoxy) is 2. The quantitative estimate of drug-likeness (QED) is 0.771. The summed E-state index contributed by atoms with van der Waals surface area (Å²) in [4.78, 5) is 0.0500. The molecule has 0 aromatic heterocycles. The first-order chi connectivity index (χ1) is 10.9. The molecule has 0 saturated carbocycles. The Morgan fingerprint density at radius 3 is 2.61 bits per heavy atom. The van der Waals surface area contributed by atoms with Crippen LogP contribution in [-0.2, 0) is 14.8 Å². The predicted molar refractivity (Wildman–Crippen MR) is 89.6 cm³/mol. The Morgan fingerprint density at radius 1 is 1.30 bits per heavy atom. The van der Waals surface area contributed by atoms with Crippen LogP contribution >= 0.6 is 11.6 Å². The van der Waals surface area contributed by atoms with Crippen molar-refractivity contribution < 1.29 is 17.9 Å². The van der Waals surface area contributed by atoms with Gasteiger partial charge < -0.3 is 14.8 Å². The van der Waals surface area contributed by atoms with Gasteiger partial charge in [-0.25, -0.2) is 13.1 Å². The average Bonchev–Trinajstić information content (AvgIpc) is 2.54. The van der Waals surface area contributed by atoms with Crippen LogP contribution in [-0.4, -0.2) is 48.9 Å². The summed E-state index contributed by atoms with van der Waals surface area (Å²) in [5.74, 6) is 0.271. The maximum absolute atomic E-state index is 12.6. The summed E-state index contributed by atoms with van der Waals surface area (Å²) in [6.45, 7) is 2.54. The lowest BCUT2D eigenvalue weighted by molar-refractivity contribution is 0.0577. The molecule has 1 fully saturated rings. The van der Waals surface area contributed by atoms with Crippen LogP contribution in [0, 0.1) is 5.41 Å². The van der Waals surface area contributed by atoms with E-state index >= 15 is 0 Å². The average molecular weight is 363 g/mol. The molecule has 1 aromatic rings. The summed E-state index contributed by atoms with van der Waals surface area (Å²) in [6, 6.07) is 4.54. The van der Waals surface area contributed by atoms with Gasteiger partial charge in [0.05, 0.1) is 13.7 Å². The number of halogens is 1. The van der Waals surface area contributed by atoms with Crippen LogP contribution in [0.2, 0.25) is 5.02 Å². The normalized spacial score (nSPS) is 17.9. The smallest absolute Gasteiger partial charge is 0.244 e. The van der Waals surface area contributed by atoms with Crippen LogP contribution in [0.3, 0.4) is 0 Å². The van der Waals surface area contributed by atoms with Gasteiger partial charge in [-0.15, -0.1) is 0 Å². The molecule has 130 valence electrons. The van der Waals surface area contributed by atoms with Crippen molar-refractivity contribution in [2.24, 2.45) is 5.41 Å². The Kier molecular flexibility index (Phi) is 6.27. The third kappa shape index (κ3) is 4.58. The van der Waals surface area contributed by atoms with E-state index in [4.69, 9.17) is 21.1 Å². The lowest BCUT2D eigenvalue weighted by atomic mass is 9.80. The summed E-state index contributed by atoms with van der Waals surface area (Å²) in [5, 5.41) is 3.63. The molecule has 0 spiro atoms. The molecule has 1 saturated heterocycles. The Balaban J connectivity index is 2.19. The van der Waals surface area contributed by atoms with Gasteiger partial charge in [0.15, 0.2) is 0 Å². The van der Waals surface area contributed by atoms with Gasteiger partial charge in [-0.3, -0.25) is 0 Å². The predicted octanol–water partition coefficient (Wildman–Crippen LogP) is 1.64. The number of hydrogen-bond acceptors (Lipinski definition) is 5. The molecule has 1 heterocycles. The second kappa shape index (κ2) is 7.81. The van der Waals surface area contributed by atoms with E-state index in [2.05, 4.69) is 10.0 Å². The van der Waals surface area contributed by atoms with Crippen molar-refractivity contribution in [2.45, 2.75) is 17.7 Å². The molecule has 1 aromatic carbocycles. The van der Waals surface area contributed by atoms with Crippen molar-refractivity contribution in [3.63, 3.8) is 0 Å². The molecular weight excluding hydrogens is 340 g/mol. The fourth-order valence-electron chi connectivity index (χ4n) is 2.82. The number of benzene rings is 1. The van der Waals surface area contributed by atoms with Crippen LogP contribution in [0.5, 0.6) is 5.75 Å². The van der Waals surface area contributed by atoms with Gasteiger partial charge in [0, 0.05) is 24.1 Å². The molecule has 23 heavy (non-hydrogen) atoms. The van der Waals surface area contributed by atoms with Crippen molar-refractivity contribution in [3.05, 3.63) is 23.2 Å². The summed E-state index contributed by atoms with van der Waals surface area (Å²) >= 11 is 5.93. The van der Waals surface area contributed by atoms with Crippen molar-refractivity contribution in [3.8, 4) is 5.75 Å². The first-order valence-corrected chi connectivity index (χ1v) is 9.31. The minimum Gasteiger partial charge on any atom is -0.495 e. The standard InChI is InChI=1S/C15H23ClN2O4S/c1-21-11-15(5-7-17-8-6-15)10-18-23(19,20)14-9-12(16)3-4-13(14)22-2/h3-4,9,17-18H,5-8,10-11H2,1-2H3. The molecule has 0 bridgehead atoms. The van der Waals surface area contributed by atoms with E-state index in [-0.39, 0.29) is 16.1 Å². The Morgan fingerprint density at radius 2 is 2.00 bits per heavy atom. The van der Waals surface area contributed by atoms with Gasteiger partial charge in [0.2, 0.25) is 10.0 Å². The van der Waals surface area contributed by atoms with E-state index in [1.165, 1.54) is 13.2 Å². The largest absolute Gasteiger partial charge is 0.495 e. The van der Waals surface area contributed by atoms with Crippen molar-refractivity contribution in [2.75, 3.05) is 40.5 Å². The van der Waals surface area contributed by atoms with Crippen molar-refractivity contribution >= 4 is 21.6 Å². The molecule has 0 unspecified atom stereocenters. The van der Waals surface area contributed by atoms with E-state index in [0.717, 1.165) is 25.9 Å². The molecular formula is C15H23ClN2O4S. The van der Waals surface area contributed by atoms with Crippen LogP contribution in [0.25, 0.3) is 0 Å². The molecule has 0 amide bonds. The van der Waals surface area contributed by atoms with Gasteiger partial charge in [0.25, 0.3) is 0 Å². The summed E-state index contributed by atoms with van der Waals surface area (Å²) in [7, 11) is -0.648. The lowest BCUT2D eigenvalue weighted by Crippen LogP contribution is -2.47. The zero-order chi connectivity index (χ0) is 16.9. The highest BCUT2D eigenvalue weighted by molar-refractivity contribution is 7.89. The Hall–Kier alpha value is -0.860. The number of piperidine rings is 1. The molecule has 0 atom stereocenters. The van der Waals surface area contributed by atoms with Crippen molar-refractivity contribution in [1.82, 2.24) is 10.0 Å². The Labute approximate surface area is 142 Å². The van der Waals surface area contributed by atoms with Crippen LogP contribution < -0.4 is 14.8 Å². The van der Waals surface area contributed by atoms with Gasteiger partial charge in [-0.05, 0) is 44.1 Å². The molecule has 2 rings (SSSR count). The third-order valence-corrected chi connectivity index (χ3v) is 5.82. The highest BCUT2D eigenvalue weighted by Gasteiger charge is 2.34. The number of sulfonamides is 1. The topological polar surface area (TPSA) is 76.7 Å². The summed E-state index contributed by atoms with van der Waals surface area (Å²) in [5.41, 5.74) is -0.196. The van der Waals surface area contributed by atoms with Crippen LogP contribution in [0.4, 0.5) is 0 Å². The molecule has 0 radical (unpaired) electrons. The summed E-state index contributed by atoms with van der Waals surface area (Å²) in [6.07, 6.45) is 1.71. The zero-order valence-electron chi connectivity index (χ0n) is 13.4. The number of nitrogens with one attached hydrogen (secondary N) is 2. The van der Waals surface area contributed by atoms with Crippen LogP contribution in [0.1, 0.15) is 12.8 Å². The first-order valence-electron chi connectivity index (χ1n) is 7.45. The van der Waals surface area contributed by atoms with Gasteiger partial charge in [-0.1, -0.05) is 11.6 Å². The maximum atomic E-state index is 12.6. The van der Waals surface area contributed by atoms with Gasteiger partial charge in [-0.2, -0.15) is 0 Å². The molecule has 2 N–H and O–H groups in total. The highest BCUT2D eigenvalue weighted by Crippen LogP contribution is 2.31. The minimum atomic E-state index is -3.72. The van der Waals surface area contributed by atoms with Crippen molar-refractivity contribution in [1.29, 1.82) is 0 Å². The second-order valence-corrected chi connectivity index (χ2v) is 7.97. The maximum Gasteiger partial charge on any atom is 0.244 e. The molecule has 1 aliphatic heterocycles. The van der Waals surface area contributed by atoms with Crippen LogP contribution in [0.15, 0.2) is 23.1 Å². The van der Waals surface area contributed by atoms with E-state index in [0.29, 0.717) is 18.2 Å². The number of rotatable bonds is 7. The first kappa shape index (κ1) is 18.5. The zero-order valence-corrected chi connectivity index (χ0v) is 15.0. The molecule has 0 aliphatic carbocycles. The van der Waals surface area contributed by atoms with E-state index < -0.39 is 10.0 Å². The second-order valence-electron chi connectivity index (χ2n) is 5.80. The Bertz CT molecular complexity index is 625. The minimum absolute atomic E-state index is 0.0500.